The second kappa shape index (κ2) is 8.60. The van der Waals surface area contributed by atoms with Gasteiger partial charge in [-0.3, -0.25) is 14.5 Å². The lowest BCUT2D eigenvalue weighted by molar-refractivity contribution is -0.127. The Labute approximate surface area is 183 Å². The summed E-state index contributed by atoms with van der Waals surface area (Å²) in [7, 11) is 0. The van der Waals surface area contributed by atoms with Crippen LogP contribution in [0.3, 0.4) is 0 Å². The van der Waals surface area contributed by atoms with Gasteiger partial charge in [0.1, 0.15) is 12.6 Å². The summed E-state index contributed by atoms with van der Waals surface area (Å²) < 4.78 is 0. The van der Waals surface area contributed by atoms with Gasteiger partial charge in [0.25, 0.3) is 5.91 Å². The molecule has 1 atom stereocenters. The summed E-state index contributed by atoms with van der Waals surface area (Å²) in [5, 5.41) is 0. The number of hydrogen-bond donors (Lipinski definition) is 0. The first kappa shape index (κ1) is 20.6. The maximum absolute atomic E-state index is 13.7. The second-order valence-corrected chi connectivity index (χ2v) is 7.98. The van der Waals surface area contributed by atoms with Crippen molar-refractivity contribution in [3.05, 3.63) is 101 Å². The Morgan fingerprint density at radius 3 is 2.23 bits per heavy atom. The monoisotopic (exact) mass is 410 g/mol. The second-order valence-electron chi connectivity index (χ2n) is 7.98. The van der Waals surface area contributed by atoms with Gasteiger partial charge in [0.15, 0.2) is 0 Å². The van der Waals surface area contributed by atoms with E-state index in [0.29, 0.717) is 0 Å². The fourth-order valence-electron chi connectivity index (χ4n) is 4.08. The van der Waals surface area contributed by atoms with Crippen LogP contribution in [0, 0.1) is 20.8 Å². The predicted molar refractivity (Wildman–Crippen MR) is 126 cm³/mol. The van der Waals surface area contributed by atoms with Crippen LogP contribution in [-0.2, 0) is 9.59 Å². The molecule has 0 unspecified atom stereocenters. The van der Waals surface area contributed by atoms with Crippen molar-refractivity contribution in [2.75, 3.05) is 16.3 Å². The molecule has 3 aromatic rings. The highest BCUT2D eigenvalue weighted by Gasteiger charge is 2.40. The van der Waals surface area contributed by atoms with Gasteiger partial charge in [-0.15, -0.1) is 0 Å². The number of aryl methyl sites for hydroxylation is 3. The van der Waals surface area contributed by atoms with Gasteiger partial charge in [-0.1, -0.05) is 78.4 Å². The van der Waals surface area contributed by atoms with E-state index < -0.39 is 6.04 Å². The van der Waals surface area contributed by atoms with Crippen LogP contribution in [0.25, 0.3) is 6.08 Å². The smallest absolute Gasteiger partial charge is 0.254 e. The minimum atomic E-state index is -0.720. The molecule has 3 aromatic carbocycles. The zero-order chi connectivity index (χ0) is 22.0. The Morgan fingerprint density at radius 2 is 1.52 bits per heavy atom. The number of nitrogens with zero attached hydrogens (tertiary/aromatic N) is 2. The van der Waals surface area contributed by atoms with Gasteiger partial charge >= 0.3 is 0 Å². The Balaban J connectivity index is 1.79. The summed E-state index contributed by atoms with van der Waals surface area (Å²) in [6, 6.07) is 22.7. The van der Waals surface area contributed by atoms with Crippen molar-refractivity contribution in [2.24, 2.45) is 0 Å². The summed E-state index contributed by atoms with van der Waals surface area (Å²) >= 11 is 0. The van der Waals surface area contributed by atoms with Crippen molar-refractivity contribution in [2.45, 2.75) is 26.8 Å². The zero-order valence-corrected chi connectivity index (χ0v) is 18.1. The molecule has 1 heterocycles. The fourth-order valence-corrected chi connectivity index (χ4v) is 4.08. The first-order valence-corrected chi connectivity index (χ1v) is 10.5. The molecule has 0 aliphatic carbocycles. The maximum atomic E-state index is 13.7. The van der Waals surface area contributed by atoms with E-state index in [1.165, 1.54) is 0 Å². The highest BCUT2D eigenvalue weighted by atomic mass is 16.2. The third-order valence-corrected chi connectivity index (χ3v) is 5.65. The first-order chi connectivity index (χ1) is 15.0. The van der Waals surface area contributed by atoms with E-state index in [1.807, 2.05) is 106 Å². The van der Waals surface area contributed by atoms with Crippen LogP contribution < -0.4 is 9.80 Å². The van der Waals surface area contributed by atoms with Gasteiger partial charge in [0, 0.05) is 11.4 Å². The van der Waals surface area contributed by atoms with Gasteiger partial charge in [-0.2, -0.15) is 0 Å². The standard InChI is InChI=1S/C27H26N2O2/c1-19-13-15-24(21(3)17-19)29-25(16-14-22-10-5-4-6-11-22)27(31)28(18-26(29)30)23-12-8-7-9-20(23)2/h4-17,25H,18H2,1-3H3/b16-14+/t25-/m1/s1. The quantitative estimate of drug-likeness (QED) is 0.602. The zero-order valence-electron chi connectivity index (χ0n) is 18.1. The molecule has 0 aromatic heterocycles. The third kappa shape index (κ3) is 4.15. The van der Waals surface area contributed by atoms with E-state index in [1.54, 1.807) is 9.80 Å². The van der Waals surface area contributed by atoms with Crippen LogP contribution in [0.2, 0.25) is 0 Å². The molecule has 2 amide bonds. The summed E-state index contributed by atoms with van der Waals surface area (Å²) in [5.74, 6) is -0.210. The van der Waals surface area contributed by atoms with Crippen molar-refractivity contribution in [1.29, 1.82) is 0 Å². The number of para-hydroxylation sites is 1. The molecule has 1 aliphatic heterocycles. The largest absolute Gasteiger partial charge is 0.301 e. The molecular weight excluding hydrogens is 384 g/mol. The molecule has 1 aliphatic rings. The molecule has 0 N–H and O–H groups in total. The molecule has 4 heteroatoms. The van der Waals surface area contributed by atoms with Crippen molar-refractivity contribution in [3.63, 3.8) is 0 Å². The Hall–Kier alpha value is -3.66. The maximum Gasteiger partial charge on any atom is 0.254 e. The number of carbonyl (C=O) groups excluding carboxylic acids is 2. The van der Waals surface area contributed by atoms with Gasteiger partial charge < -0.3 is 4.90 Å². The van der Waals surface area contributed by atoms with Gasteiger partial charge in [-0.25, -0.2) is 0 Å². The summed E-state index contributed by atoms with van der Waals surface area (Å²) in [5.41, 5.74) is 5.60. The van der Waals surface area contributed by atoms with Gasteiger partial charge in [0.2, 0.25) is 5.91 Å². The number of amides is 2. The predicted octanol–water partition coefficient (Wildman–Crippen LogP) is 5.07. The normalized spacial score (nSPS) is 16.9. The minimum absolute atomic E-state index is 0.0205. The number of benzene rings is 3. The van der Waals surface area contributed by atoms with Crippen molar-refractivity contribution < 1.29 is 9.59 Å². The van der Waals surface area contributed by atoms with Crippen LogP contribution >= 0.6 is 0 Å². The molecule has 0 spiro atoms. The number of carbonyl (C=O) groups is 2. The molecule has 0 radical (unpaired) electrons. The number of rotatable bonds is 4. The average Bonchev–Trinajstić information content (AvgIpc) is 2.76. The van der Waals surface area contributed by atoms with E-state index in [9.17, 15) is 9.59 Å². The lowest BCUT2D eigenvalue weighted by atomic mass is 10.0. The van der Waals surface area contributed by atoms with Gasteiger partial charge in [0.05, 0.1) is 0 Å². The van der Waals surface area contributed by atoms with E-state index in [4.69, 9.17) is 0 Å². The Bertz CT molecular complexity index is 1150. The average molecular weight is 411 g/mol. The first-order valence-electron chi connectivity index (χ1n) is 10.5. The molecule has 0 bridgehead atoms. The summed E-state index contributed by atoms with van der Waals surface area (Å²) in [6.45, 7) is 5.98. The van der Waals surface area contributed by atoms with Crippen LogP contribution in [0.5, 0.6) is 0 Å². The topological polar surface area (TPSA) is 40.6 Å². The number of anilines is 2. The van der Waals surface area contributed by atoms with Crippen LogP contribution in [-0.4, -0.2) is 24.4 Å². The lowest BCUT2D eigenvalue weighted by Gasteiger charge is -2.40. The van der Waals surface area contributed by atoms with E-state index >= 15 is 0 Å². The van der Waals surface area contributed by atoms with Crippen LogP contribution in [0.4, 0.5) is 11.4 Å². The number of piperazine rings is 1. The van der Waals surface area contributed by atoms with E-state index in [2.05, 4.69) is 0 Å². The minimum Gasteiger partial charge on any atom is -0.301 e. The molecule has 4 nitrogen and oxygen atoms in total. The van der Waals surface area contributed by atoms with E-state index in [-0.39, 0.29) is 18.4 Å². The molecule has 1 saturated heterocycles. The van der Waals surface area contributed by atoms with Crippen LogP contribution in [0.1, 0.15) is 22.3 Å². The number of hydrogen-bond acceptors (Lipinski definition) is 2. The van der Waals surface area contributed by atoms with Crippen LogP contribution in [0.15, 0.2) is 78.9 Å². The molecule has 4 rings (SSSR count). The third-order valence-electron chi connectivity index (χ3n) is 5.65. The molecular formula is C27H26N2O2. The van der Waals surface area contributed by atoms with Crippen molar-refractivity contribution in [1.82, 2.24) is 0 Å². The summed E-state index contributed by atoms with van der Waals surface area (Å²) in [4.78, 5) is 30.3. The Morgan fingerprint density at radius 1 is 0.806 bits per heavy atom. The van der Waals surface area contributed by atoms with Crippen molar-refractivity contribution >= 4 is 29.3 Å². The SMILES string of the molecule is Cc1ccc(N2C(=O)CN(c3ccccc3C)C(=O)[C@H]2/C=C/c2ccccc2)c(C)c1. The lowest BCUT2D eigenvalue weighted by Crippen LogP contribution is -2.60. The van der Waals surface area contributed by atoms with Crippen molar-refractivity contribution in [3.8, 4) is 0 Å². The van der Waals surface area contributed by atoms with E-state index in [0.717, 1.165) is 33.6 Å². The molecule has 1 fully saturated rings. The highest BCUT2D eigenvalue weighted by molar-refractivity contribution is 6.15. The highest BCUT2D eigenvalue weighted by Crippen LogP contribution is 2.31. The molecule has 31 heavy (non-hydrogen) atoms. The molecule has 156 valence electrons. The molecule has 0 saturated carbocycles. The van der Waals surface area contributed by atoms with Gasteiger partial charge in [-0.05, 0) is 49.6 Å². The fraction of sp³-hybridized carbons (Fsp3) is 0.185. The Kier molecular flexibility index (Phi) is 5.72. The summed E-state index contributed by atoms with van der Waals surface area (Å²) in [6.07, 6.45) is 3.74.